The number of rotatable bonds is 6. The number of hydrogen-bond acceptors (Lipinski definition) is 3. The van der Waals surface area contributed by atoms with Crippen molar-refractivity contribution in [3.05, 3.63) is 0 Å². The summed E-state index contributed by atoms with van der Waals surface area (Å²) in [4.78, 5) is 8.62. The van der Waals surface area contributed by atoms with Crippen molar-refractivity contribution in [3.63, 3.8) is 0 Å². The molecule has 0 bridgehead atoms. The van der Waals surface area contributed by atoms with Gasteiger partial charge in [-0.15, -0.1) is 24.0 Å². The first-order chi connectivity index (χ1) is 12.3. The Kier molecular flexibility index (Phi) is 10.7. The summed E-state index contributed by atoms with van der Waals surface area (Å²) in [6.45, 7) is 10.2. The highest BCUT2D eigenvalue weighted by molar-refractivity contribution is 14.0. The number of piperidine rings is 1. The lowest BCUT2D eigenvalue weighted by atomic mass is 9.98. The van der Waals surface area contributed by atoms with E-state index in [1.54, 1.807) is 0 Å². The molecule has 2 N–H and O–H groups in total. The van der Waals surface area contributed by atoms with E-state index in [4.69, 9.17) is 0 Å². The minimum Gasteiger partial charge on any atom is -0.357 e. The highest BCUT2D eigenvalue weighted by atomic mass is 127. The quantitative estimate of drug-likeness (QED) is 0.331. The molecule has 5 nitrogen and oxygen atoms in total. The number of halogens is 4. The SMILES string of the molecule is CCNC(=NCC(C)N1CCC(C)CC1)NC1CCN(CC(F)(F)F)C1.I. The predicted molar refractivity (Wildman–Crippen MR) is 115 cm³/mol. The molecule has 0 aromatic rings. The van der Waals surface area contributed by atoms with Crippen LogP contribution in [0.1, 0.15) is 40.0 Å². The van der Waals surface area contributed by atoms with Gasteiger partial charge in [0.25, 0.3) is 0 Å². The van der Waals surface area contributed by atoms with Gasteiger partial charge in [0.05, 0.1) is 13.1 Å². The van der Waals surface area contributed by atoms with Crippen molar-refractivity contribution >= 4 is 29.9 Å². The van der Waals surface area contributed by atoms with Gasteiger partial charge >= 0.3 is 6.18 Å². The van der Waals surface area contributed by atoms with E-state index < -0.39 is 12.7 Å². The minimum absolute atomic E-state index is 0. The fourth-order valence-corrected chi connectivity index (χ4v) is 3.67. The van der Waals surface area contributed by atoms with Crippen LogP contribution in [0.15, 0.2) is 4.99 Å². The molecule has 2 rings (SSSR count). The Morgan fingerprint density at radius 1 is 1.19 bits per heavy atom. The van der Waals surface area contributed by atoms with Crippen molar-refractivity contribution in [2.75, 3.05) is 45.8 Å². The second-order valence-electron chi connectivity index (χ2n) is 7.77. The predicted octanol–water partition coefficient (Wildman–Crippen LogP) is 2.92. The monoisotopic (exact) mass is 505 g/mol. The summed E-state index contributed by atoms with van der Waals surface area (Å²) < 4.78 is 37.6. The van der Waals surface area contributed by atoms with Crippen LogP contribution in [-0.2, 0) is 0 Å². The van der Waals surface area contributed by atoms with Gasteiger partial charge in [-0.05, 0) is 52.1 Å². The normalized spacial score (nSPS) is 24.5. The second-order valence-corrected chi connectivity index (χ2v) is 7.77. The van der Waals surface area contributed by atoms with E-state index >= 15 is 0 Å². The molecule has 27 heavy (non-hydrogen) atoms. The zero-order valence-corrected chi connectivity index (χ0v) is 19.0. The van der Waals surface area contributed by atoms with Gasteiger partial charge in [0, 0.05) is 31.7 Å². The molecule has 0 aliphatic carbocycles. The molecule has 0 aromatic carbocycles. The van der Waals surface area contributed by atoms with Gasteiger partial charge in [-0.1, -0.05) is 6.92 Å². The van der Waals surface area contributed by atoms with E-state index in [0.29, 0.717) is 38.1 Å². The molecule has 0 radical (unpaired) electrons. The van der Waals surface area contributed by atoms with E-state index in [9.17, 15) is 13.2 Å². The summed E-state index contributed by atoms with van der Waals surface area (Å²) >= 11 is 0. The molecule has 0 aromatic heterocycles. The molecule has 0 amide bonds. The largest absolute Gasteiger partial charge is 0.401 e. The van der Waals surface area contributed by atoms with E-state index in [0.717, 1.165) is 25.6 Å². The summed E-state index contributed by atoms with van der Waals surface area (Å²) in [6, 6.07) is 0.393. The zero-order valence-electron chi connectivity index (χ0n) is 16.7. The average Bonchev–Trinajstić information content (AvgIpc) is 2.98. The standard InChI is InChI=1S/C18H34F3N5.HI/c1-4-22-17(23-11-15(3)26-9-5-14(2)6-10-26)24-16-7-8-25(12-16)13-18(19,20)21;/h14-16H,4-13H2,1-3H3,(H2,22,23,24);1H. The third-order valence-corrected chi connectivity index (χ3v) is 5.32. The topological polar surface area (TPSA) is 42.9 Å². The van der Waals surface area contributed by atoms with Crippen LogP contribution in [0.2, 0.25) is 0 Å². The fraction of sp³-hybridized carbons (Fsp3) is 0.944. The van der Waals surface area contributed by atoms with Crippen LogP contribution < -0.4 is 10.6 Å². The number of alkyl halides is 3. The Morgan fingerprint density at radius 2 is 1.85 bits per heavy atom. The van der Waals surface area contributed by atoms with Gasteiger partial charge in [0.1, 0.15) is 0 Å². The third-order valence-electron chi connectivity index (χ3n) is 5.32. The van der Waals surface area contributed by atoms with Crippen molar-refractivity contribution < 1.29 is 13.2 Å². The lowest BCUT2D eigenvalue weighted by molar-refractivity contribution is -0.143. The minimum atomic E-state index is -4.13. The Morgan fingerprint density at radius 3 is 2.44 bits per heavy atom. The number of nitrogens with one attached hydrogen (secondary N) is 2. The van der Waals surface area contributed by atoms with Gasteiger partial charge in [-0.25, -0.2) is 0 Å². The van der Waals surface area contributed by atoms with Gasteiger partial charge < -0.3 is 10.6 Å². The van der Waals surface area contributed by atoms with Gasteiger partial charge in [-0.3, -0.25) is 14.8 Å². The Bertz CT molecular complexity index is 453. The smallest absolute Gasteiger partial charge is 0.357 e. The van der Waals surface area contributed by atoms with E-state index in [-0.39, 0.29) is 30.0 Å². The lowest BCUT2D eigenvalue weighted by Crippen LogP contribution is -2.46. The molecule has 2 aliphatic heterocycles. The Balaban J connectivity index is 0.00000364. The summed E-state index contributed by atoms with van der Waals surface area (Å²) in [5, 5.41) is 6.53. The van der Waals surface area contributed by atoms with Gasteiger partial charge in [-0.2, -0.15) is 13.2 Å². The molecule has 160 valence electrons. The molecule has 2 fully saturated rings. The van der Waals surface area contributed by atoms with Gasteiger partial charge in [0.2, 0.25) is 0 Å². The second kappa shape index (κ2) is 11.6. The fourth-order valence-electron chi connectivity index (χ4n) is 3.67. The number of likely N-dealkylation sites (tertiary alicyclic amines) is 2. The Hall–Kier alpha value is -0.290. The molecule has 2 heterocycles. The van der Waals surface area contributed by atoms with Crippen LogP contribution in [0.5, 0.6) is 0 Å². The molecular weight excluding hydrogens is 470 g/mol. The molecule has 2 aliphatic rings. The average molecular weight is 505 g/mol. The summed E-state index contributed by atoms with van der Waals surface area (Å²) in [5.74, 6) is 1.52. The Labute approximate surface area is 178 Å². The molecule has 2 saturated heterocycles. The number of aliphatic imine (C=N–C) groups is 1. The maximum atomic E-state index is 12.5. The van der Waals surface area contributed by atoms with Crippen LogP contribution in [-0.4, -0.2) is 79.8 Å². The van der Waals surface area contributed by atoms with Crippen molar-refractivity contribution in [1.29, 1.82) is 0 Å². The van der Waals surface area contributed by atoms with Crippen LogP contribution in [0.25, 0.3) is 0 Å². The molecule has 0 saturated carbocycles. The highest BCUT2D eigenvalue weighted by Crippen LogP contribution is 2.20. The first-order valence-electron chi connectivity index (χ1n) is 9.84. The van der Waals surface area contributed by atoms with Crippen molar-refractivity contribution in [2.45, 2.75) is 58.3 Å². The van der Waals surface area contributed by atoms with Crippen LogP contribution in [0, 0.1) is 5.92 Å². The number of guanidine groups is 1. The maximum absolute atomic E-state index is 12.5. The highest BCUT2D eigenvalue weighted by Gasteiger charge is 2.34. The third kappa shape index (κ3) is 9.17. The maximum Gasteiger partial charge on any atom is 0.401 e. The van der Waals surface area contributed by atoms with Gasteiger partial charge in [0.15, 0.2) is 5.96 Å². The first kappa shape index (κ1) is 24.7. The van der Waals surface area contributed by atoms with Crippen molar-refractivity contribution in [1.82, 2.24) is 20.4 Å². The molecule has 0 spiro atoms. The van der Waals surface area contributed by atoms with Crippen molar-refractivity contribution in [3.8, 4) is 0 Å². The van der Waals surface area contributed by atoms with Crippen LogP contribution in [0.4, 0.5) is 13.2 Å². The molecular formula is C18H35F3IN5. The zero-order chi connectivity index (χ0) is 19.2. The van der Waals surface area contributed by atoms with Crippen LogP contribution >= 0.6 is 24.0 Å². The van der Waals surface area contributed by atoms with E-state index in [2.05, 4.69) is 34.4 Å². The number of nitrogens with zero attached hydrogens (tertiary/aromatic N) is 3. The summed E-state index contributed by atoms with van der Waals surface area (Å²) in [7, 11) is 0. The summed E-state index contributed by atoms with van der Waals surface area (Å²) in [5.41, 5.74) is 0. The first-order valence-corrected chi connectivity index (χ1v) is 9.84. The molecule has 2 unspecified atom stereocenters. The van der Waals surface area contributed by atoms with E-state index in [1.165, 1.54) is 17.7 Å². The molecule has 9 heteroatoms. The van der Waals surface area contributed by atoms with Crippen LogP contribution in [0.3, 0.4) is 0 Å². The number of hydrogen-bond donors (Lipinski definition) is 2. The lowest BCUT2D eigenvalue weighted by Gasteiger charge is -2.34. The van der Waals surface area contributed by atoms with E-state index in [1.807, 2.05) is 6.92 Å². The summed E-state index contributed by atoms with van der Waals surface area (Å²) in [6.07, 6.45) is -0.943. The molecule has 2 atom stereocenters. The van der Waals surface area contributed by atoms with Crippen molar-refractivity contribution in [2.24, 2.45) is 10.9 Å².